The number of nitrogens with one attached hydrogen (secondary N) is 1. The Labute approximate surface area is 96.1 Å². The van der Waals surface area contributed by atoms with Crippen molar-refractivity contribution in [1.29, 1.82) is 0 Å². The molecule has 5 nitrogen and oxygen atoms in total. The lowest BCUT2D eigenvalue weighted by molar-refractivity contribution is -0.141. The van der Waals surface area contributed by atoms with Gasteiger partial charge in [0.25, 0.3) is 0 Å². The zero-order valence-electron chi connectivity index (χ0n) is 9.09. The molecule has 1 heterocycles. The van der Waals surface area contributed by atoms with Crippen LogP contribution in [0, 0.1) is 0 Å². The van der Waals surface area contributed by atoms with Gasteiger partial charge in [0, 0.05) is 0 Å². The number of hydrogen-bond acceptors (Lipinski definition) is 3. The summed E-state index contributed by atoms with van der Waals surface area (Å²) in [5.41, 5.74) is 4.99. The van der Waals surface area contributed by atoms with E-state index in [0.717, 1.165) is 0 Å². The second-order valence-electron chi connectivity index (χ2n) is 3.93. The summed E-state index contributed by atoms with van der Waals surface area (Å²) in [7, 11) is 0. The lowest BCUT2D eigenvalue weighted by Gasteiger charge is -2.22. The molecular formula is C9H14F3N3O2. The van der Waals surface area contributed by atoms with Gasteiger partial charge >= 0.3 is 6.18 Å². The fourth-order valence-corrected chi connectivity index (χ4v) is 1.82. The minimum Gasteiger partial charge on any atom is -0.369 e. The maximum atomic E-state index is 11.9. The van der Waals surface area contributed by atoms with Crippen LogP contribution >= 0.6 is 0 Å². The average Bonchev–Trinajstić information content (AvgIpc) is 2.60. The summed E-state index contributed by atoms with van der Waals surface area (Å²) < 4.78 is 35.7. The summed E-state index contributed by atoms with van der Waals surface area (Å²) in [6, 6.07) is -0.690. The smallest absolute Gasteiger partial charge is 0.369 e. The zero-order valence-corrected chi connectivity index (χ0v) is 9.09. The van der Waals surface area contributed by atoms with Gasteiger partial charge in [0.05, 0.1) is 12.6 Å². The molecule has 0 spiro atoms. The Kier molecular flexibility index (Phi) is 4.33. The van der Waals surface area contributed by atoms with Gasteiger partial charge in [0.2, 0.25) is 11.8 Å². The van der Waals surface area contributed by atoms with Crippen LogP contribution in [0.4, 0.5) is 13.2 Å². The number of likely N-dealkylation sites (tertiary alicyclic amines) is 1. The molecule has 98 valence electrons. The highest BCUT2D eigenvalue weighted by Crippen LogP contribution is 2.18. The second-order valence-corrected chi connectivity index (χ2v) is 3.93. The molecule has 0 unspecified atom stereocenters. The van der Waals surface area contributed by atoms with E-state index in [4.69, 9.17) is 5.73 Å². The van der Waals surface area contributed by atoms with Crippen LogP contribution in [0.5, 0.6) is 0 Å². The van der Waals surface area contributed by atoms with Crippen LogP contribution in [-0.4, -0.2) is 48.6 Å². The fourth-order valence-electron chi connectivity index (χ4n) is 1.82. The first-order chi connectivity index (χ1) is 7.79. The number of alkyl halides is 3. The monoisotopic (exact) mass is 253 g/mol. The number of rotatable bonds is 4. The first-order valence-corrected chi connectivity index (χ1v) is 5.16. The van der Waals surface area contributed by atoms with Crippen molar-refractivity contribution in [2.24, 2.45) is 5.73 Å². The molecule has 1 aliphatic heterocycles. The van der Waals surface area contributed by atoms with Gasteiger partial charge in [-0.2, -0.15) is 13.2 Å². The lowest BCUT2D eigenvalue weighted by atomic mass is 10.2. The van der Waals surface area contributed by atoms with Gasteiger partial charge in [-0.25, -0.2) is 0 Å². The topological polar surface area (TPSA) is 75.4 Å². The Bertz CT molecular complexity index is 306. The third-order valence-electron chi connectivity index (χ3n) is 2.49. The SMILES string of the molecule is NC(=O)CN1CCC[C@@H]1C(=O)NCC(F)(F)F. The highest BCUT2D eigenvalue weighted by atomic mass is 19.4. The van der Waals surface area contributed by atoms with Crippen molar-refractivity contribution in [2.75, 3.05) is 19.6 Å². The van der Waals surface area contributed by atoms with E-state index in [1.54, 1.807) is 0 Å². The number of carbonyl (C=O) groups is 2. The quantitative estimate of drug-likeness (QED) is 0.716. The predicted octanol–water partition coefficient (Wildman–Crippen LogP) is -0.385. The number of nitrogens with zero attached hydrogens (tertiary/aromatic N) is 1. The molecule has 17 heavy (non-hydrogen) atoms. The molecule has 8 heteroatoms. The van der Waals surface area contributed by atoms with Crippen molar-refractivity contribution < 1.29 is 22.8 Å². The Hall–Kier alpha value is -1.31. The molecule has 0 aromatic rings. The maximum Gasteiger partial charge on any atom is 0.405 e. The normalized spacial score (nSPS) is 21.5. The van der Waals surface area contributed by atoms with Gasteiger partial charge in [-0.05, 0) is 19.4 Å². The van der Waals surface area contributed by atoms with Crippen molar-refractivity contribution in [3.8, 4) is 0 Å². The number of primary amides is 1. The molecule has 2 amide bonds. The Morgan fingerprint density at radius 1 is 1.41 bits per heavy atom. The molecule has 1 aliphatic rings. The molecule has 0 aliphatic carbocycles. The number of hydrogen-bond donors (Lipinski definition) is 2. The Morgan fingerprint density at radius 2 is 2.06 bits per heavy atom. The molecule has 0 saturated carbocycles. The summed E-state index contributed by atoms with van der Waals surface area (Å²) in [4.78, 5) is 23.7. The van der Waals surface area contributed by atoms with Gasteiger partial charge in [-0.1, -0.05) is 0 Å². The highest BCUT2D eigenvalue weighted by Gasteiger charge is 2.34. The fraction of sp³-hybridized carbons (Fsp3) is 0.778. The number of halogens is 3. The van der Waals surface area contributed by atoms with E-state index in [1.165, 1.54) is 4.90 Å². The molecule has 0 aromatic carbocycles. The highest BCUT2D eigenvalue weighted by molar-refractivity contribution is 5.83. The van der Waals surface area contributed by atoms with Gasteiger partial charge in [-0.3, -0.25) is 14.5 Å². The minimum atomic E-state index is -4.43. The van der Waals surface area contributed by atoms with E-state index in [9.17, 15) is 22.8 Å². The van der Waals surface area contributed by atoms with E-state index in [0.29, 0.717) is 19.4 Å². The zero-order chi connectivity index (χ0) is 13.1. The van der Waals surface area contributed by atoms with E-state index in [1.807, 2.05) is 5.32 Å². The lowest BCUT2D eigenvalue weighted by Crippen LogP contribution is -2.48. The molecule has 1 fully saturated rings. The molecule has 1 saturated heterocycles. The molecule has 1 rings (SSSR count). The van der Waals surface area contributed by atoms with E-state index < -0.39 is 30.6 Å². The van der Waals surface area contributed by atoms with Crippen LogP contribution in [0.3, 0.4) is 0 Å². The average molecular weight is 253 g/mol. The summed E-state index contributed by atoms with van der Waals surface area (Å²) >= 11 is 0. The Balaban J connectivity index is 2.47. The number of nitrogens with two attached hydrogens (primary N) is 1. The second kappa shape index (κ2) is 5.35. The van der Waals surface area contributed by atoms with Crippen LogP contribution in [-0.2, 0) is 9.59 Å². The van der Waals surface area contributed by atoms with Crippen molar-refractivity contribution in [1.82, 2.24) is 10.2 Å². The van der Waals surface area contributed by atoms with Crippen LogP contribution in [0.1, 0.15) is 12.8 Å². The number of carbonyl (C=O) groups excluding carboxylic acids is 2. The van der Waals surface area contributed by atoms with E-state index in [-0.39, 0.29) is 6.54 Å². The minimum absolute atomic E-state index is 0.107. The van der Waals surface area contributed by atoms with Gasteiger partial charge in [-0.15, -0.1) is 0 Å². The summed E-state index contributed by atoms with van der Waals surface area (Å²) in [6.07, 6.45) is -3.32. The standard InChI is InChI=1S/C9H14F3N3O2/c10-9(11,12)5-14-8(17)6-2-1-3-15(6)4-7(13)16/h6H,1-5H2,(H2,13,16)(H,14,17)/t6-/m1/s1. The van der Waals surface area contributed by atoms with Crippen LogP contribution in [0.2, 0.25) is 0 Å². The molecule has 0 bridgehead atoms. The first kappa shape index (κ1) is 13.8. The maximum absolute atomic E-state index is 11.9. The molecule has 3 N–H and O–H groups in total. The van der Waals surface area contributed by atoms with Gasteiger partial charge in [0.1, 0.15) is 6.54 Å². The van der Waals surface area contributed by atoms with Gasteiger partial charge < -0.3 is 11.1 Å². The molecule has 0 aromatic heterocycles. The third kappa shape index (κ3) is 4.59. The summed E-state index contributed by atoms with van der Waals surface area (Å²) in [6.45, 7) is -0.968. The van der Waals surface area contributed by atoms with E-state index >= 15 is 0 Å². The third-order valence-corrected chi connectivity index (χ3v) is 2.49. The van der Waals surface area contributed by atoms with Crippen molar-refractivity contribution in [3.63, 3.8) is 0 Å². The number of amides is 2. The molecular weight excluding hydrogens is 239 g/mol. The van der Waals surface area contributed by atoms with Crippen molar-refractivity contribution in [2.45, 2.75) is 25.1 Å². The van der Waals surface area contributed by atoms with Gasteiger partial charge in [0.15, 0.2) is 0 Å². The first-order valence-electron chi connectivity index (χ1n) is 5.16. The van der Waals surface area contributed by atoms with Crippen LogP contribution in [0.25, 0.3) is 0 Å². The van der Waals surface area contributed by atoms with Crippen molar-refractivity contribution >= 4 is 11.8 Å². The summed E-state index contributed by atoms with van der Waals surface area (Å²) in [5.74, 6) is -1.30. The summed E-state index contributed by atoms with van der Waals surface area (Å²) in [5, 5.41) is 1.81. The van der Waals surface area contributed by atoms with Crippen molar-refractivity contribution in [3.05, 3.63) is 0 Å². The predicted molar refractivity (Wildman–Crippen MR) is 52.9 cm³/mol. The van der Waals surface area contributed by atoms with Crippen LogP contribution in [0.15, 0.2) is 0 Å². The van der Waals surface area contributed by atoms with E-state index in [2.05, 4.69) is 0 Å². The Morgan fingerprint density at radius 3 is 2.59 bits per heavy atom. The molecule has 0 radical (unpaired) electrons. The largest absolute Gasteiger partial charge is 0.405 e. The van der Waals surface area contributed by atoms with Crippen LogP contribution < -0.4 is 11.1 Å². The molecule has 1 atom stereocenters.